The number of nitro groups is 1. The zero-order valence-electron chi connectivity index (χ0n) is 13.2. The molecule has 0 amide bonds. The van der Waals surface area contributed by atoms with Gasteiger partial charge in [0.2, 0.25) is 5.82 Å². The molecule has 2 rings (SSSR count). The van der Waals surface area contributed by atoms with Gasteiger partial charge in [-0.3, -0.25) is 10.1 Å². The molecule has 8 heteroatoms. The van der Waals surface area contributed by atoms with Crippen LogP contribution in [0, 0.1) is 10.1 Å². The Morgan fingerprint density at radius 1 is 1.41 bits per heavy atom. The molecule has 0 aromatic carbocycles. The molecule has 0 saturated heterocycles. The predicted molar refractivity (Wildman–Crippen MR) is 81.4 cm³/mol. The maximum absolute atomic E-state index is 11.3. The first-order valence-corrected chi connectivity index (χ1v) is 7.48. The predicted octanol–water partition coefficient (Wildman–Crippen LogP) is 2.50. The molecule has 1 fully saturated rings. The first kappa shape index (κ1) is 16.4. The van der Waals surface area contributed by atoms with Gasteiger partial charge in [-0.2, -0.15) is 4.98 Å². The van der Waals surface area contributed by atoms with E-state index in [-0.39, 0.29) is 23.5 Å². The SMILES string of the molecule is COc1nc(C2CC2)nc(NCCCOC(C)C)c1[N+](=O)[O-]. The molecule has 1 saturated carbocycles. The van der Waals surface area contributed by atoms with E-state index >= 15 is 0 Å². The number of hydrogen-bond acceptors (Lipinski definition) is 7. The van der Waals surface area contributed by atoms with E-state index in [1.807, 2.05) is 13.8 Å². The monoisotopic (exact) mass is 310 g/mol. The third kappa shape index (κ3) is 4.27. The fourth-order valence-corrected chi connectivity index (χ4v) is 2.00. The van der Waals surface area contributed by atoms with Gasteiger partial charge in [-0.1, -0.05) is 0 Å². The standard InChI is InChI=1S/C14H22N4O4/c1-9(2)22-8-4-7-15-13-11(18(19)20)14(21-3)17-12(16-13)10-5-6-10/h9-10H,4-8H2,1-3H3,(H,15,16,17). The summed E-state index contributed by atoms with van der Waals surface area (Å²) in [6.07, 6.45) is 2.95. The summed E-state index contributed by atoms with van der Waals surface area (Å²) in [5, 5.41) is 14.3. The molecule has 0 spiro atoms. The van der Waals surface area contributed by atoms with Crippen LogP contribution in [0.2, 0.25) is 0 Å². The Kier molecular flexibility index (Phi) is 5.48. The minimum atomic E-state index is -0.511. The van der Waals surface area contributed by atoms with E-state index < -0.39 is 4.92 Å². The highest BCUT2D eigenvalue weighted by Crippen LogP contribution is 2.41. The van der Waals surface area contributed by atoms with Crippen LogP contribution in [0.3, 0.4) is 0 Å². The van der Waals surface area contributed by atoms with Crippen LogP contribution in [0.5, 0.6) is 5.88 Å². The Morgan fingerprint density at radius 2 is 2.14 bits per heavy atom. The summed E-state index contributed by atoms with van der Waals surface area (Å²) < 4.78 is 10.5. The lowest BCUT2D eigenvalue weighted by molar-refractivity contribution is -0.385. The maximum atomic E-state index is 11.3. The van der Waals surface area contributed by atoms with E-state index in [0.717, 1.165) is 19.3 Å². The van der Waals surface area contributed by atoms with Crippen molar-refractivity contribution in [2.75, 3.05) is 25.6 Å². The quantitative estimate of drug-likeness (QED) is 0.425. The van der Waals surface area contributed by atoms with Crippen molar-refractivity contribution >= 4 is 11.5 Å². The lowest BCUT2D eigenvalue weighted by atomic mass is 10.3. The van der Waals surface area contributed by atoms with Gasteiger partial charge in [0.1, 0.15) is 5.82 Å². The second-order valence-electron chi connectivity index (χ2n) is 5.52. The highest BCUT2D eigenvalue weighted by molar-refractivity contribution is 5.62. The fraction of sp³-hybridized carbons (Fsp3) is 0.714. The molecule has 1 aromatic rings. The molecule has 1 aliphatic carbocycles. The highest BCUT2D eigenvalue weighted by atomic mass is 16.6. The maximum Gasteiger partial charge on any atom is 0.372 e. The van der Waals surface area contributed by atoms with Gasteiger partial charge in [-0.05, 0) is 33.1 Å². The molecule has 1 N–H and O–H groups in total. The lowest BCUT2D eigenvalue weighted by Crippen LogP contribution is -2.13. The number of aromatic nitrogens is 2. The topological polar surface area (TPSA) is 99.4 Å². The van der Waals surface area contributed by atoms with Crippen LogP contribution in [0.4, 0.5) is 11.5 Å². The summed E-state index contributed by atoms with van der Waals surface area (Å²) in [5.41, 5.74) is -0.211. The molecule has 0 radical (unpaired) electrons. The zero-order valence-corrected chi connectivity index (χ0v) is 13.2. The van der Waals surface area contributed by atoms with Crippen LogP contribution in [-0.4, -0.2) is 41.3 Å². The van der Waals surface area contributed by atoms with E-state index in [1.165, 1.54) is 7.11 Å². The van der Waals surface area contributed by atoms with Crippen molar-refractivity contribution in [3.63, 3.8) is 0 Å². The molecule has 0 atom stereocenters. The minimum Gasteiger partial charge on any atom is -0.476 e. The Balaban J connectivity index is 2.09. The molecule has 0 aliphatic heterocycles. The van der Waals surface area contributed by atoms with Crippen LogP contribution < -0.4 is 10.1 Å². The van der Waals surface area contributed by atoms with Crippen molar-refractivity contribution in [2.45, 2.75) is 45.1 Å². The van der Waals surface area contributed by atoms with Gasteiger partial charge in [0.25, 0.3) is 5.88 Å². The smallest absolute Gasteiger partial charge is 0.372 e. The van der Waals surface area contributed by atoms with Gasteiger partial charge in [0, 0.05) is 19.1 Å². The van der Waals surface area contributed by atoms with Crippen LogP contribution in [0.25, 0.3) is 0 Å². The molecule has 0 unspecified atom stereocenters. The zero-order chi connectivity index (χ0) is 16.1. The lowest BCUT2D eigenvalue weighted by Gasteiger charge is -2.11. The molecule has 0 bridgehead atoms. The molecule has 122 valence electrons. The van der Waals surface area contributed by atoms with Crippen molar-refractivity contribution in [1.29, 1.82) is 0 Å². The number of rotatable bonds is 9. The Labute approximate surface area is 129 Å². The van der Waals surface area contributed by atoms with E-state index in [4.69, 9.17) is 9.47 Å². The van der Waals surface area contributed by atoms with E-state index in [9.17, 15) is 10.1 Å². The molecular weight excluding hydrogens is 288 g/mol. The largest absolute Gasteiger partial charge is 0.476 e. The van der Waals surface area contributed by atoms with Gasteiger partial charge in [-0.25, -0.2) is 4.98 Å². The minimum absolute atomic E-state index is 0.0165. The Bertz CT molecular complexity index is 532. The fourth-order valence-electron chi connectivity index (χ4n) is 2.00. The Hall–Kier alpha value is -1.96. The molecule has 8 nitrogen and oxygen atoms in total. The summed E-state index contributed by atoms with van der Waals surface area (Å²) in [6, 6.07) is 0. The van der Waals surface area contributed by atoms with Crippen molar-refractivity contribution < 1.29 is 14.4 Å². The van der Waals surface area contributed by atoms with Gasteiger partial charge in [0.15, 0.2) is 0 Å². The van der Waals surface area contributed by atoms with Gasteiger partial charge >= 0.3 is 5.69 Å². The number of methoxy groups -OCH3 is 1. The van der Waals surface area contributed by atoms with E-state index in [2.05, 4.69) is 15.3 Å². The summed E-state index contributed by atoms with van der Waals surface area (Å²) in [6.45, 7) is 5.07. The van der Waals surface area contributed by atoms with E-state index in [1.54, 1.807) is 0 Å². The number of anilines is 1. The van der Waals surface area contributed by atoms with Gasteiger partial charge in [0.05, 0.1) is 18.1 Å². The first-order valence-electron chi connectivity index (χ1n) is 7.48. The second kappa shape index (κ2) is 7.35. The average Bonchev–Trinajstić information content (AvgIpc) is 3.29. The highest BCUT2D eigenvalue weighted by Gasteiger charge is 2.32. The first-order chi connectivity index (χ1) is 10.5. The summed E-state index contributed by atoms with van der Waals surface area (Å²) in [7, 11) is 1.38. The van der Waals surface area contributed by atoms with Crippen LogP contribution >= 0.6 is 0 Å². The van der Waals surface area contributed by atoms with Crippen LogP contribution in [0.1, 0.15) is 44.9 Å². The molecule has 1 aliphatic rings. The second-order valence-corrected chi connectivity index (χ2v) is 5.52. The van der Waals surface area contributed by atoms with Crippen molar-refractivity contribution in [3.8, 4) is 5.88 Å². The number of ether oxygens (including phenoxy) is 2. The van der Waals surface area contributed by atoms with Crippen LogP contribution in [-0.2, 0) is 4.74 Å². The number of hydrogen-bond donors (Lipinski definition) is 1. The molecule has 1 heterocycles. The Morgan fingerprint density at radius 3 is 2.68 bits per heavy atom. The number of nitrogens with one attached hydrogen (secondary N) is 1. The molecule has 22 heavy (non-hydrogen) atoms. The normalized spacial score (nSPS) is 14.2. The molecule has 1 aromatic heterocycles. The summed E-state index contributed by atoms with van der Waals surface area (Å²) >= 11 is 0. The average molecular weight is 310 g/mol. The van der Waals surface area contributed by atoms with E-state index in [0.29, 0.717) is 24.9 Å². The third-order valence-electron chi connectivity index (χ3n) is 3.25. The summed E-state index contributed by atoms with van der Waals surface area (Å²) in [5.74, 6) is 1.15. The van der Waals surface area contributed by atoms with Crippen LogP contribution in [0.15, 0.2) is 0 Å². The van der Waals surface area contributed by atoms with Gasteiger partial charge < -0.3 is 14.8 Å². The molecular formula is C14H22N4O4. The van der Waals surface area contributed by atoms with Crippen molar-refractivity contribution in [2.24, 2.45) is 0 Å². The van der Waals surface area contributed by atoms with Gasteiger partial charge in [-0.15, -0.1) is 0 Å². The van der Waals surface area contributed by atoms with Crippen molar-refractivity contribution in [1.82, 2.24) is 9.97 Å². The number of nitrogens with zero attached hydrogens (tertiary/aromatic N) is 3. The van der Waals surface area contributed by atoms with Crippen molar-refractivity contribution in [3.05, 3.63) is 15.9 Å². The summed E-state index contributed by atoms with van der Waals surface area (Å²) in [4.78, 5) is 19.2. The third-order valence-corrected chi connectivity index (χ3v) is 3.25.